The van der Waals surface area contributed by atoms with Gasteiger partial charge in [-0.15, -0.1) is 0 Å². The summed E-state index contributed by atoms with van der Waals surface area (Å²) in [7, 11) is 0. The van der Waals surface area contributed by atoms with E-state index in [0.29, 0.717) is 25.2 Å². The van der Waals surface area contributed by atoms with Gasteiger partial charge >= 0.3 is 0 Å². The zero-order chi connectivity index (χ0) is 24.4. The summed E-state index contributed by atoms with van der Waals surface area (Å²) >= 11 is 0. The number of imide groups is 1. The predicted octanol–water partition coefficient (Wildman–Crippen LogP) is 2.98. The highest BCUT2D eigenvalue weighted by Crippen LogP contribution is 2.37. The maximum absolute atomic E-state index is 14.5. The zero-order valence-corrected chi connectivity index (χ0v) is 19.7. The molecule has 0 bridgehead atoms. The molecule has 2 fully saturated rings. The van der Waals surface area contributed by atoms with Crippen molar-refractivity contribution in [3.63, 3.8) is 0 Å². The maximum Gasteiger partial charge on any atom is 0.255 e. The van der Waals surface area contributed by atoms with Crippen molar-refractivity contribution in [1.29, 1.82) is 0 Å². The first-order valence-electron chi connectivity index (χ1n) is 12.3. The summed E-state index contributed by atoms with van der Waals surface area (Å²) in [6, 6.07) is 12.2. The Kier molecular flexibility index (Phi) is 6.92. The molecule has 0 radical (unpaired) electrons. The van der Waals surface area contributed by atoms with Crippen LogP contribution in [0.4, 0.5) is 4.39 Å². The van der Waals surface area contributed by atoms with Gasteiger partial charge in [0.05, 0.1) is 13.2 Å². The quantitative estimate of drug-likeness (QED) is 0.488. The van der Waals surface area contributed by atoms with E-state index in [1.807, 2.05) is 18.2 Å². The van der Waals surface area contributed by atoms with Crippen LogP contribution in [0.2, 0.25) is 0 Å². The fourth-order valence-electron chi connectivity index (χ4n) is 5.44. The number of hydrogen-bond donors (Lipinski definition) is 1. The van der Waals surface area contributed by atoms with Crippen molar-refractivity contribution in [1.82, 2.24) is 15.1 Å². The summed E-state index contributed by atoms with van der Waals surface area (Å²) in [6.45, 7) is 4.16. The Morgan fingerprint density at radius 3 is 2.54 bits per heavy atom. The van der Waals surface area contributed by atoms with Gasteiger partial charge in [-0.05, 0) is 67.1 Å². The number of likely N-dealkylation sites (tertiary alicyclic amines) is 1. The Balaban J connectivity index is 1.19. The smallest absolute Gasteiger partial charge is 0.255 e. The molecule has 5 rings (SSSR count). The molecule has 184 valence electrons. The fourth-order valence-corrected chi connectivity index (χ4v) is 5.44. The first-order chi connectivity index (χ1) is 17.0. The minimum atomic E-state index is -0.693. The van der Waals surface area contributed by atoms with Crippen LogP contribution >= 0.6 is 0 Å². The molecule has 1 N–H and O–H groups in total. The van der Waals surface area contributed by atoms with Crippen LogP contribution in [0.3, 0.4) is 0 Å². The first kappa shape index (κ1) is 23.6. The Labute approximate surface area is 204 Å². The molecule has 3 aliphatic rings. The molecule has 3 heterocycles. The molecule has 0 spiro atoms. The Bertz CT molecular complexity index is 1110. The summed E-state index contributed by atoms with van der Waals surface area (Å²) in [5, 5.41) is 2.32. The number of fused-ring (bicyclic) bond motifs is 1. The molecule has 1 atom stereocenters. The molecule has 35 heavy (non-hydrogen) atoms. The average molecular weight is 480 g/mol. The van der Waals surface area contributed by atoms with Gasteiger partial charge in [0.25, 0.3) is 5.91 Å². The van der Waals surface area contributed by atoms with Crippen molar-refractivity contribution in [2.75, 3.05) is 26.2 Å². The Morgan fingerprint density at radius 2 is 1.80 bits per heavy atom. The van der Waals surface area contributed by atoms with Crippen LogP contribution in [0.5, 0.6) is 0 Å². The van der Waals surface area contributed by atoms with Gasteiger partial charge in [-0.25, -0.2) is 4.39 Å². The molecule has 0 aliphatic carbocycles. The van der Waals surface area contributed by atoms with E-state index in [9.17, 15) is 18.8 Å². The summed E-state index contributed by atoms with van der Waals surface area (Å²) in [5.74, 6) is -1.36. The van der Waals surface area contributed by atoms with Crippen molar-refractivity contribution in [2.24, 2.45) is 0 Å². The minimum absolute atomic E-state index is 0.162. The normalized spacial score (nSPS) is 21.3. The number of nitrogens with zero attached hydrogens (tertiary/aromatic N) is 2. The largest absolute Gasteiger partial charge is 0.375 e. The van der Waals surface area contributed by atoms with Crippen LogP contribution in [0.25, 0.3) is 0 Å². The maximum atomic E-state index is 14.5. The highest BCUT2D eigenvalue weighted by Gasteiger charge is 2.41. The molecule has 0 saturated carbocycles. The van der Waals surface area contributed by atoms with Gasteiger partial charge in [-0.3, -0.25) is 19.7 Å². The van der Waals surface area contributed by atoms with Gasteiger partial charge in [0.1, 0.15) is 11.9 Å². The predicted molar refractivity (Wildman–Crippen MR) is 127 cm³/mol. The van der Waals surface area contributed by atoms with E-state index in [-0.39, 0.29) is 30.7 Å². The van der Waals surface area contributed by atoms with Gasteiger partial charge < -0.3 is 14.5 Å². The lowest BCUT2D eigenvalue weighted by Crippen LogP contribution is -2.52. The molecule has 2 aromatic rings. The number of ether oxygens (including phenoxy) is 1. The number of benzene rings is 2. The molecule has 3 amide bonds. The van der Waals surface area contributed by atoms with Crippen LogP contribution in [0, 0.1) is 5.82 Å². The van der Waals surface area contributed by atoms with E-state index < -0.39 is 17.8 Å². The molecule has 2 saturated heterocycles. The highest BCUT2D eigenvalue weighted by molar-refractivity contribution is 6.05. The summed E-state index contributed by atoms with van der Waals surface area (Å²) in [4.78, 5) is 40.8. The number of piperidine rings is 2. The van der Waals surface area contributed by atoms with Gasteiger partial charge in [-0.2, -0.15) is 0 Å². The van der Waals surface area contributed by atoms with Gasteiger partial charge in [0.2, 0.25) is 11.8 Å². The number of halogens is 1. The van der Waals surface area contributed by atoms with Crippen molar-refractivity contribution < 1.29 is 23.5 Å². The van der Waals surface area contributed by atoms with E-state index in [0.717, 1.165) is 49.2 Å². The van der Waals surface area contributed by atoms with Crippen LogP contribution in [0.1, 0.15) is 58.6 Å². The number of carbonyl (C=O) groups excluding carboxylic acids is 3. The second kappa shape index (κ2) is 10.3. The lowest BCUT2D eigenvalue weighted by molar-refractivity contribution is -0.136. The second-order valence-electron chi connectivity index (χ2n) is 9.58. The van der Waals surface area contributed by atoms with Crippen molar-refractivity contribution in [3.8, 4) is 0 Å². The molecule has 7 nitrogen and oxygen atoms in total. The summed E-state index contributed by atoms with van der Waals surface area (Å²) in [5.41, 5.74) is 3.21. The van der Waals surface area contributed by atoms with Crippen LogP contribution in [0.15, 0.2) is 42.5 Å². The third kappa shape index (κ3) is 5.13. The van der Waals surface area contributed by atoms with Gasteiger partial charge in [0, 0.05) is 25.1 Å². The molecular weight excluding hydrogens is 449 g/mol. The minimum Gasteiger partial charge on any atom is -0.375 e. The molecule has 0 aromatic heterocycles. The molecule has 8 heteroatoms. The van der Waals surface area contributed by atoms with Crippen LogP contribution < -0.4 is 5.32 Å². The fraction of sp³-hybridized carbons (Fsp3) is 0.444. The Hall–Kier alpha value is -3.10. The van der Waals surface area contributed by atoms with E-state index in [4.69, 9.17) is 4.74 Å². The topological polar surface area (TPSA) is 79.0 Å². The lowest BCUT2D eigenvalue weighted by atomic mass is 9.85. The lowest BCUT2D eigenvalue weighted by Gasteiger charge is -2.33. The van der Waals surface area contributed by atoms with E-state index >= 15 is 0 Å². The second-order valence-corrected chi connectivity index (χ2v) is 9.58. The summed E-state index contributed by atoms with van der Waals surface area (Å²) < 4.78 is 20.4. The average Bonchev–Trinajstić information content (AvgIpc) is 3.18. The standard InChI is InChI=1S/C27H30FN3O4/c28-20-14-21(19-8-10-30(11-9-19)12-13-35-17-18-4-2-1-3-5-18)23-16-31(27(34)22(23)15-20)24-6-7-25(32)29-26(24)33/h1-5,14-15,19,24H,6-13,16-17H2,(H,29,32,33). The van der Waals surface area contributed by atoms with Gasteiger partial charge in [-0.1, -0.05) is 30.3 Å². The molecular formula is C27H30FN3O4. The molecule has 1 unspecified atom stereocenters. The number of carbonyl (C=O) groups is 3. The number of hydrogen-bond acceptors (Lipinski definition) is 5. The first-order valence-corrected chi connectivity index (χ1v) is 12.3. The van der Waals surface area contributed by atoms with E-state index in [1.165, 1.54) is 11.0 Å². The van der Waals surface area contributed by atoms with E-state index in [1.54, 1.807) is 6.07 Å². The van der Waals surface area contributed by atoms with Crippen LogP contribution in [-0.2, 0) is 27.5 Å². The number of nitrogens with one attached hydrogen (secondary N) is 1. The number of amides is 3. The summed E-state index contributed by atoms with van der Waals surface area (Å²) in [6.07, 6.45) is 2.25. The zero-order valence-electron chi connectivity index (χ0n) is 19.7. The van der Waals surface area contributed by atoms with Crippen molar-refractivity contribution >= 4 is 17.7 Å². The van der Waals surface area contributed by atoms with Crippen molar-refractivity contribution in [2.45, 2.75) is 50.8 Å². The van der Waals surface area contributed by atoms with Crippen LogP contribution in [-0.4, -0.2) is 59.8 Å². The Morgan fingerprint density at radius 1 is 1.03 bits per heavy atom. The third-order valence-electron chi connectivity index (χ3n) is 7.35. The monoisotopic (exact) mass is 479 g/mol. The molecule has 3 aliphatic heterocycles. The number of rotatable bonds is 7. The third-order valence-corrected chi connectivity index (χ3v) is 7.35. The van der Waals surface area contributed by atoms with Gasteiger partial charge in [0.15, 0.2) is 0 Å². The highest BCUT2D eigenvalue weighted by atomic mass is 19.1. The SMILES string of the molecule is O=C1CCC(N2Cc3c(cc(F)cc3C3CCN(CCOCc4ccccc4)CC3)C2=O)C(=O)N1. The molecule has 2 aromatic carbocycles. The van der Waals surface area contributed by atoms with E-state index in [2.05, 4.69) is 22.3 Å². The van der Waals surface area contributed by atoms with Crippen molar-refractivity contribution in [3.05, 3.63) is 70.5 Å².